The van der Waals surface area contributed by atoms with Crippen molar-refractivity contribution in [3.63, 3.8) is 0 Å². The molecule has 1 aliphatic rings. The van der Waals surface area contributed by atoms with Crippen LogP contribution in [-0.4, -0.2) is 28.0 Å². The smallest absolute Gasteiger partial charge is 0.179 e. The Hall–Kier alpha value is -1.62. The van der Waals surface area contributed by atoms with E-state index >= 15 is 0 Å². The molecule has 0 amide bonds. The topological polar surface area (TPSA) is 79.6 Å². The zero-order chi connectivity index (χ0) is 12.5. The van der Waals surface area contributed by atoms with E-state index in [1.165, 1.54) is 12.8 Å². The summed E-state index contributed by atoms with van der Waals surface area (Å²) in [5.41, 5.74) is 7.83. The molecule has 0 aromatic carbocycles. The lowest BCUT2D eigenvalue weighted by molar-refractivity contribution is 0.384. The standard InChI is InChI=1S/C13H19N5/c1-15-11-6-5-10-13(17-11)18-12(16-10)8-3-2-4-9(14)7-8/h5-6,8-9H,2-4,7,14H2,1H3,(H2,15,16,17,18). The second-order valence-corrected chi connectivity index (χ2v) is 5.06. The van der Waals surface area contributed by atoms with Gasteiger partial charge in [-0.05, 0) is 31.4 Å². The van der Waals surface area contributed by atoms with Gasteiger partial charge in [0, 0.05) is 19.0 Å². The van der Waals surface area contributed by atoms with Crippen molar-refractivity contribution in [1.29, 1.82) is 0 Å². The van der Waals surface area contributed by atoms with E-state index in [1.807, 2.05) is 19.2 Å². The first-order chi connectivity index (χ1) is 8.76. The van der Waals surface area contributed by atoms with Crippen LogP contribution in [0.15, 0.2) is 12.1 Å². The van der Waals surface area contributed by atoms with Crippen molar-refractivity contribution in [2.24, 2.45) is 5.73 Å². The van der Waals surface area contributed by atoms with Crippen molar-refractivity contribution in [3.05, 3.63) is 18.0 Å². The van der Waals surface area contributed by atoms with Crippen molar-refractivity contribution in [1.82, 2.24) is 15.0 Å². The van der Waals surface area contributed by atoms with Gasteiger partial charge in [0.25, 0.3) is 0 Å². The minimum absolute atomic E-state index is 0.317. The first-order valence-electron chi connectivity index (χ1n) is 6.56. The lowest BCUT2D eigenvalue weighted by atomic mass is 9.86. The van der Waals surface area contributed by atoms with E-state index in [-0.39, 0.29) is 0 Å². The number of pyridine rings is 1. The molecule has 0 aliphatic heterocycles. The minimum Gasteiger partial charge on any atom is -0.373 e. The molecule has 2 aromatic heterocycles. The van der Waals surface area contributed by atoms with Crippen molar-refractivity contribution < 1.29 is 0 Å². The van der Waals surface area contributed by atoms with Gasteiger partial charge in [-0.15, -0.1) is 0 Å². The van der Waals surface area contributed by atoms with Crippen molar-refractivity contribution in [3.8, 4) is 0 Å². The second kappa shape index (κ2) is 4.57. The van der Waals surface area contributed by atoms with E-state index in [4.69, 9.17) is 5.73 Å². The number of nitrogens with two attached hydrogens (primary N) is 1. The SMILES string of the molecule is CNc1ccc2[nH]c(C3CCCC(N)C3)nc2n1. The van der Waals surface area contributed by atoms with Crippen molar-refractivity contribution in [2.75, 3.05) is 12.4 Å². The molecule has 2 heterocycles. The Morgan fingerprint density at radius 3 is 3.00 bits per heavy atom. The number of aromatic nitrogens is 3. The minimum atomic E-state index is 0.317. The molecule has 4 N–H and O–H groups in total. The number of hydrogen-bond donors (Lipinski definition) is 3. The number of nitrogens with one attached hydrogen (secondary N) is 2. The Morgan fingerprint density at radius 2 is 2.22 bits per heavy atom. The summed E-state index contributed by atoms with van der Waals surface area (Å²) < 4.78 is 0. The van der Waals surface area contributed by atoms with Crippen LogP contribution < -0.4 is 11.1 Å². The lowest BCUT2D eigenvalue weighted by Crippen LogP contribution is -2.27. The van der Waals surface area contributed by atoms with Gasteiger partial charge in [-0.25, -0.2) is 9.97 Å². The lowest BCUT2D eigenvalue weighted by Gasteiger charge is -2.24. The van der Waals surface area contributed by atoms with Gasteiger partial charge in [0.05, 0.1) is 5.52 Å². The van der Waals surface area contributed by atoms with Gasteiger partial charge in [-0.3, -0.25) is 0 Å². The summed E-state index contributed by atoms with van der Waals surface area (Å²) in [6, 6.07) is 4.29. The summed E-state index contributed by atoms with van der Waals surface area (Å²) in [7, 11) is 1.86. The van der Waals surface area contributed by atoms with Crippen LogP contribution >= 0.6 is 0 Å². The summed E-state index contributed by atoms with van der Waals surface area (Å²) in [4.78, 5) is 12.4. The Bertz CT molecular complexity index is 547. The van der Waals surface area contributed by atoms with Crippen LogP contribution in [0.3, 0.4) is 0 Å². The van der Waals surface area contributed by atoms with Crippen LogP contribution in [0.5, 0.6) is 0 Å². The highest BCUT2D eigenvalue weighted by atomic mass is 15.0. The molecule has 1 aliphatic carbocycles. The maximum Gasteiger partial charge on any atom is 0.179 e. The van der Waals surface area contributed by atoms with Gasteiger partial charge >= 0.3 is 0 Å². The summed E-state index contributed by atoms with van der Waals surface area (Å²) >= 11 is 0. The number of anilines is 1. The number of fused-ring (bicyclic) bond motifs is 1. The van der Waals surface area contributed by atoms with E-state index in [0.717, 1.165) is 35.6 Å². The van der Waals surface area contributed by atoms with Gasteiger partial charge in [0.15, 0.2) is 5.65 Å². The van der Waals surface area contributed by atoms with E-state index in [9.17, 15) is 0 Å². The molecule has 3 rings (SSSR count). The summed E-state index contributed by atoms with van der Waals surface area (Å²) in [6.07, 6.45) is 4.53. The molecule has 0 saturated heterocycles. The predicted octanol–water partition coefficient (Wildman–Crippen LogP) is 1.98. The molecule has 1 saturated carbocycles. The molecular formula is C13H19N5. The fourth-order valence-electron chi connectivity index (χ4n) is 2.72. The molecule has 96 valence electrons. The van der Waals surface area contributed by atoms with Crippen molar-refractivity contribution >= 4 is 17.0 Å². The Kier molecular flexibility index (Phi) is 2.91. The number of aromatic amines is 1. The molecule has 5 nitrogen and oxygen atoms in total. The Labute approximate surface area is 106 Å². The highest BCUT2D eigenvalue weighted by Gasteiger charge is 2.23. The largest absolute Gasteiger partial charge is 0.373 e. The van der Waals surface area contributed by atoms with Crippen LogP contribution in [0.2, 0.25) is 0 Å². The molecular weight excluding hydrogens is 226 g/mol. The number of hydrogen-bond acceptors (Lipinski definition) is 4. The van der Waals surface area contributed by atoms with Gasteiger partial charge < -0.3 is 16.0 Å². The third kappa shape index (κ3) is 2.06. The highest BCUT2D eigenvalue weighted by molar-refractivity contribution is 5.73. The molecule has 1 fully saturated rings. The van der Waals surface area contributed by atoms with Crippen LogP contribution in [0.1, 0.15) is 37.4 Å². The summed E-state index contributed by atoms with van der Waals surface area (Å²) in [6.45, 7) is 0. The predicted molar refractivity (Wildman–Crippen MR) is 72.6 cm³/mol. The molecule has 5 heteroatoms. The molecule has 18 heavy (non-hydrogen) atoms. The maximum absolute atomic E-state index is 6.04. The van der Waals surface area contributed by atoms with Crippen LogP contribution in [-0.2, 0) is 0 Å². The average molecular weight is 245 g/mol. The summed E-state index contributed by atoms with van der Waals surface area (Å²) in [5.74, 6) is 2.35. The fraction of sp³-hybridized carbons (Fsp3) is 0.538. The first kappa shape index (κ1) is 11.5. The van der Waals surface area contributed by atoms with Crippen LogP contribution in [0.25, 0.3) is 11.2 Å². The third-order valence-electron chi connectivity index (χ3n) is 3.72. The zero-order valence-electron chi connectivity index (χ0n) is 10.6. The number of rotatable bonds is 2. The normalized spacial score (nSPS) is 24.3. The fourth-order valence-corrected chi connectivity index (χ4v) is 2.72. The van der Waals surface area contributed by atoms with Gasteiger partial charge in [0.2, 0.25) is 0 Å². The average Bonchev–Trinajstić information content (AvgIpc) is 2.81. The van der Waals surface area contributed by atoms with Gasteiger partial charge in [0.1, 0.15) is 11.6 Å². The van der Waals surface area contributed by atoms with Crippen molar-refractivity contribution in [2.45, 2.75) is 37.6 Å². The molecule has 0 spiro atoms. The molecule has 0 bridgehead atoms. The molecule has 2 unspecified atom stereocenters. The van der Waals surface area contributed by atoms with E-state index < -0.39 is 0 Å². The van der Waals surface area contributed by atoms with E-state index in [2.05, 4.69) is 20.3 Å². The van der Waals surface area contributed by atoms with E-state index in [0.29, 0.717) is 12.0 Å². The Balaban J connectivity index is 1.92. The zero-order valence-corrected chi connectivity index (χ0v) is 10.6. The summed E-state index contributed by atoms with van der Waals surface area (Å²) in [5, 5.41) is 3.03. The van der Waals surface area contributed by atoms with Crippen LogP contribution in [0.4, 0.5) is 5.82 Å². The van der Waals surface area contributed by atoms with Gasteiger partial charge in [-0.2, -0.15) is 0 Å². The number of nitrogens with zero attached hydrogens (tertiary/aromatic N) is 2. The van der Waals surface area contributed by atoms with Gasteiger partial charge in [-0.1, -0.05) is 6.42 Å². The van der Waals surface area contributed by atoms with E-state index in [1.54, 1.807) is 0 Å². The molecule has 2 atom stereocenters. The monoisotopic (exact) mass is 245 g/mol. The Morgan fingerprint density at radius 1 is 1.33 bits per heavy atom. The molecule has 2 aromatic rings. The third-order valence-corrected chi connectivity index (χ3v) is 3.72. The maximum atomic E-state index is 6.04. The quantitative estimate of drug-likeness (QED) is 0.756. The first-order valence-corrected chi connectivity index (χ1v) is 6.56. The highest BCUT2D eigenvalue weighted by Crippen LogP contribution is 2.31. The number of H-pyrrole nitrogens is 1. The van der Waals surface area contributed by atoms with Crippen LogP contribution in [0, 0.1) is 0 Å². The molecule has 0 radical (unpaired) electrons. The second-order valence-electron chi connectivity index (χ2n) is 5.06. The number of imidazole rings is 1.